The number of benzene rings is 1. The van der Waals surface area contributed by atoms with Crippen molar-refractivity contribution in [2.24, 2.45) is 0 Å². The topological polar surface area (TPSA) is 52.7 Å². The predicted molar refractivity (Wildman–Crippen MR) is 104 cm³/mol. The van der Waals surface area contributed by atoms with Crippen LogP contribution in [-0.4, -0.2) is 60.9 Å². The summed E-state index contributed by atoms with van der Waals surface area (Å²) in [5.41, 5.74) is 1.18. The zero-order chi connectivity index (χ0) is 17.5. The van der Waals surface area contributed by atoms with Crippen molar-refractivity contribution < 1.29 is 9.59 Å². The van der Waals surface area contributed by atoms with Gasteiger partial charge in [-0.15, -0.1) is 12.4 Å². The van der Waals surface area contributed by atoms with Crippen molar-refractivity contribution in [1.82, 2.24) is 15.1 Å². The van der Waals surface area contributed by atoms with Gasteiger partial charge in [-0.25, -0.2) is 0 Å². The van der Waals surface area contributed by atoms with Gasteiger partial charge in [0.25, 0.3) is 11.8 Å². The SMILES string of the molecule is CCCN(C(=O)c1cccc(C(=O)N(C)CC)c1)C1CCNCC1.Cl. The quantitative estimate of drug-likeness (QED) is 0.841. The van der Waals surface area contributed by atoms with Gasteiger partial charge in [0.2, 0.25) is 0 Å². The number of nitrogens with zero attached hydrogens (tertiary/aromatic N) is 2. The van der Waals surface area contributed by atoms with E-state index >= 15 is 0 Å². The molecule has 0 atom stereocenters. The summed E-state index contributed by atoms with van der Waals surface area (Å²) in [6.07, 6.45) is 2.92. The number of carbonyl (C=O) groups is 2. The van der Waals surface area contributed by atoms with Gasteiger partial charge in [0.1, 0.15) is 0 Å². The number of amides is 2. The van der Waals surface area contributed by atoms with Gasteiger partial charge in [0.05, 0.1) is 0 Å². The van der Waals surface area contributed by atoms with Crippen LogP contribution < -0.4 is 5.32 Å². The number of halogens is 1. The van der Waals surface area contributed by atoms with E-state index in [1.807, 2.05) is 17.9 Å². The molecule has 0 aromatic heterocycles. The van der Waals surface area contributed by atoms with Crippen molar-refractivity contribution in [3.05, 3.63) is 35.4 Å². The van der Waals surface area contributed by atoms with Crippen molar-refractivity contribution in [2.75, 3.05) is 33.2 Å². The molecule has 1 aliphatic heterocycles. The number of hydrogen-bond acceptors (Lipinski definition) is 3. The molecule has 1 aromatic rings. The Morgan fingerprint density at radius 3 is 2.28 bits per heavy atom. The first-order valence-corrected chi connectivity index (χ1v) is 8.95. The van der Waals surface area contributed by atoms with Gasteiger partial charge >= 0.3 is 0 Å². The lowest BCUT2D eigenvalue weighted by molar-refractivity contribution is 0.0642. The third-order valence-electron chi connectivity index (χ3n) is 4.65. The van der Waals surface area contributed by atoms with Crippen molar-refractivity contribution in [1.29, 1.82) is 0 Å². The minimum Gasteiger partial charge on any atom is -0.342 e. The Morgan fingerprint density at radius 2 is 1.72 bits per heavy atom. The lowest BCUT2D eigenvalue weighted by Crippen LogP contribution is -2.46. The average Bonchev–Trinajstić information content (AvgIpc) is 2.65. The predicted octanol–water partition coefficient (Wildman–Crippen LogP) is 2.80. The largest absolute Gasteiger partial charge is 0.342 e. The van der Waals surface area contributed by atoms with Crippen molar-refractivity contribution in [3.63, 3.8) is 0 Å². The Bertz CT molecular complexity index is 574. The van der Waals surface area contributed by atoms with Gasteiger partial charge in [0.15, 0.2) is 0 Å². The van der Waals surface area contributed by atoms with E-state index in [0.717, 1.165) is 38.9 Å². The molecule has 1 aliphatic rings. The van der Waals surface area contributed by atoms with Crippen LogP contribution in [-0.2, 0) is 0 Å². The Kier molecular flexibility index (Phi) is 8.93. The van der Waals surface area contributed by atoms with E-state index < -0.39 is 0 Å². The van der Waals surface area contributed by atoms with Crippen LogP contribution >= 0.6 is 12.4 Å². The highest BCUT2D eigenvalue weighted by Crippen LogP contribution is 2.17. The van der Waals surface area contributed by atoms with Gasteiger partial charge in [0, 0.05) is 37.3 Å². The number of nitrogens with one attached hydrogen (secondary N) is 1. The zero-order valence-electron chi connectivity index (χ0n) is 15.5. The van der Waals surface area contributed by atoms with Crippen LogP contribution in [0.5, 0.6) is 0 Å². The Labute approximate surface area is 157 Å². The normalized spacial score (nSPS) is 14.5. The molecule has 6 heteroatoms. The summed E-state index contributed by atoms with van der Waals surface area (Å²) < 4.78 is 0. The van der Waals surface area contributed by atoms with E-state index in [9.17, 15) is 9.59 Å². The monoisotopic (exact) mass is 367 g/mol. The van der Waals surface area contributed by atoms with E-state index in [1.165, 1.54) is 0 Å². The molecular weight excluding hydrogens is 338 g/mol. The molecule has 0 unspecified atom stereocenters. The summed E-state index contributed by atoms with van der Waals surface area (Å²) in [7, 11) is 1.77. The molecule has 1 heterocycles. The minimum absolute atomic E-state index is 0. The smallest absolute Gasteiger partial charge is 0.254 e. The highest BCUT2D eigenvalue weighted by atomic mass is 35.5. The Balaban J connectivity index is 0.00000312. The van der Waals surface area contributed by atoms with Gasteiger partial charge in [-0.2, -0.15) is 0 Å². The van der Waals surface area contributed by atoms with Gasteiger partial charge in [-0.3, -0.25) is 9.59 Å². The van der Waals surface area contributed by atoms with Crippen LogP contribution in [0.1, 0.15) is 53.8 Å². The molecule has 0 aliphatic carbocycles. The summed E-state index contributed by atoms with van der Waals surface area (Å²) in [4.78, 5) is 29.0. The molecule has 2 rings (SSSR count). The second-order valence-corrected chi connectivity index (χ2v) is 6.38. The first-order valence-electron chi connectivity index (χ1n) is 8.95. The minimum atomic E-state index is -0.0453. The number of hydrogen-bond donors (Lipinski definition) is 1. The molecule has 1 aromatic carbocycles. The van der Waals surface area contributed by atoms with E-state index in [-0.39, 0.29) is 30.3 Å². The molecule has 0 spiro atoms. The van der Waals surface area contributed by atoms with Crippen LogP contribution in [0.4, 0.5) is 0 Å². The molecule has 25 heavy (non-hydrogen) atoms. The maximum Gasteiger partial charge on any atom is 0.254 e. The maximum absolute atomic E-state index is 13.0. The van der Waals surface area contributed by atoms with Crippen LogP contribution in [0.25, 0.3) is 0 Å². The standard InChI is InChI=1S/C19H29N3O2.ClH/c1-4-13-22(17-9-11-20-12-10-17)19(24)16-8-6-7-15(14-16)18(23)21(3)5-2;/h6-8,14,17,20H,4-5,9-13H2,1-3H3;1H. The van der Waals surface area contributed by atoms with Gasteiger partial charge in [-0.1, -0.05) is 13.0 Å². The van der Waals surface area contributed by atoms with Gasteiger partial charge in [-0.05, 0) is 57.5 Å². The number of rotatable bonds is 6. The van der Waals surface area contributed by atoms with Crippen LogP contribution in [0.3, 0.4) is 0 Å². The highest BCUT2D eigenvalue weighted by Gasteiger charge is 2.26. The fourth-order valence-corrected chi connectivity index (χ4v) is 3.12. The molecule has 1 N–H and O–H groups in total. The molecule has 0 radical (unpaired) electrons. The van der Waals surface area contributed by atoms with Crippen LogP contribution in [0.2, 0.25) is 0 Å². The highest BCUT2D eigenvalue weighted by molar-refractivity contribution is 5.99. The van der Waals surface area contributed by atoms with E-state index in [0.29, 0.717) is 17.7 Å². The van der Waals surface area contributed by atoms with E-state index in [2.05, 4.69) is 12.2 Å². The fraction of sp³-hybridized carbons (Fsp3) is 0.579. The fourth-order valence-electron chi connectivity index (χ4n) is 3.12. The third-order valence-corrected chi connectivity index (χ3v) is 4.65. The molecule has 5 nitrogen and oxygen atoms in total. The molecule has 2 amide bonds. The summed E-state index contributed by atoms with van der Waals surface area (Å²) in [6.45, 7) is 7.35. The van der Waals surface area contributed by atoms with E-state index in [1.54, 1.807) is 30.1 Å². The summed E-state index contributed by atoms with van der Waals surface area (Å²) in [6, 6.07) is 7.42. The van der Waals surface area contributed by atoms with Crippen LogP contribution in [0, 0.1) is 0 Å². The summed E-state index contributed by atoms with van der Waals surface area (Å²) in [5.74, 6) is -0.00592. The first-order chi connectivity index (χ1) is 11.6. The number of piperidine rings is 1. The van der Waals surface area contributed by atoms with Crippen molar-refractivity contribution in [2.45, 2.75) is 39.2 Å². The molecule has 1 fully saturated rings. The molecular formula is C19H30ClN3O2. The number of carbonyl (C=O) groups excluding carboxylic acids is 2. The molecule has 140 valence electrons. The summed E-state index contributed by atoms with van der Waals surface area (Å²) in [5, 5.41) is 3.35. The second kappa shape index (κ2) is 10.4. The maximum atomic E-state index is 13.0. The lowest BCUT2D eigenvalue weighted by atomic mass is 10.0. The second-order valence-electron chi connectivity index (χ2n) is 6.38. The molecule has 1 saturated heterocycles. The molecule has 0 bridgehead atoms. The van der Waals surface area contributed by atoms with E-state index in [4.69, 9.17) is 0 Å². The van der Waals surface area contributed by atoms with Crippen LogP contribution in [0.15, 0.2) is 24.3 Å². The Hall–Kier alpha value is -1.59. The third kappa shape index (κ3) is 5.44. The average molecular weight is 368 g/mol. The summed E-state index contributed by atoms with van der Waals surface area (Å²) >= 11 is 0. The van der Waals surface area contributed by atoms with Crippen molar-refractivity contribution in [3.8, 4) is 0 Å². The Morgan fingerprint density at radius 1 is 1.12 bits per heavy atom. The zero-order valence-corrected chi connectivity index (χ0v) is 16.3. The van der Waals surface area contributed by atoms with Crippen molar-refractivity contribution >= 4 is 24.2 Å². The van der Waals surface area contributed by atoms with Gasteiger partial charge < -0.3 is 15.1 Å². The lowest BCUT2D eigenvalue weighted by Gasteiger charge is -2.34. The first kappa shape index (κ1) is 21.5. The molecule has 0 saturated carbocycles.